The van der Waals surface area contributed by atoms with Gasteiger partial charge in [-0.1, -0.05) is 18.1 Å². The van der Waals surface area contributed by atoms with Crippen molar-refractivity contribution in [3.05, 3.63) is 11.6 Å². The van der Waals surface area contributed by atoms with Gasteiger partial charge in [0.05, 0.1) is 6.10 Å². The number of allylic oxidation sites excluding steroid dienone is 1. The van der Waals surface area contributed by atoms with Crippen LogP contribution in [0.5, 0.6) is 0 Å². The summed E-state index contributed by atoms with van der Waals surface area (Å²) in [6.07, 6.45) is 11.8. The summed E-state index contributed by atoms with van der Waals surface area (Å²) >= 11 is 0. The molecule has 2 atom stereocenters. The molecule has 114 valence electrons. The first-order chi connectivity index (χ1) is 9.79. The summed E-state index contributed by atoms with van der Waals surface area (Å²) in [4.78, 5) is 4.25. The molecule has 1 fully saturated rings. The highest BCUT2D eigenvalue weighted by atomic mass is 16.3. The molecule has 0 aliphatic heterocycles. The first-order valence-electron chi connectivity index (χ1n) is 8.10. The minimum absolute atomic E-state index is 0.131. The van der Waals surface area contributed by atoms with E-state index in [0.29, 0.717) is 5.92 Å². The quantitative estimate of drug-likeness (QED) is 0.411. The summed E-state index contributed by atoms with van der Waals surface area (Å²) < 4.78 is 0. The second kappa shape index (κ2) is 8.30. The van der Waals surface area contributed by atoms with Crippen LogP contribution < -0.4 is 10.6 Å². The lowest BCUT2D eigenvalue weighted by atomic mass is 9.97. The molecule has 20 heavy (non-hydrogen) atoms. The zero-order valence-electron chi connectivity index (χ0n) is 12.7. The summed E-state index contributed by atoms with van der Waals surface area (Å²) in [5.74, 6) is 1.25. The standard InChI is InChI=1S/C16H29N3O/c1-17-16(19-12-14-8-5-9-15(14)20)18-11-10-13-6-3-2-4-7-13/h6,14-15,20H,2-5,7-12H2,1H3,(H2,17,18,19). The Morgan fingerprint density at radius 3 is 2.85 bits per heavy atom. The lowest BCUT2D eigenvalue weighted by molar-refractivity contribution is 0.134. The molecule has 4 heteroatoms. The minimum atomic E-state index is -0.131. The summed E-state index contributed by atoms with van der Waals surface area (Å²) in [6, 6.07) is 0. The highest BCUT2D eigenvalue weighted by Gasteiger charge is 2.24. The van der Waals surface area contributed by atoms with Crippen LogP contribution in [0.3, 0.4) is 0 Å². The van der Waals surface area contributed by atoms with Gasteiger partial charge >= 0.3 is 0 Å². The Kier molecular flexibility index (Phi) is 6.37. The third-order valence-corrected chi connectivity index (χ3v) is 4.50. The maximum Gasteiger partial charge on any atom is 0.190 e. The van der Waals surface area contributed by atoms with Crippen LogP contribution in [0.15, 0.2) is 16.6 Å². The van der Waals surface area contributed by atoms with Gasteiger partial charge in [-0.15, -0.1) is 0 Å². The number of nitrogens with zero attached hydrogens (tertiary/aromatic N) is 1. The van der Waals surface area contributed by atoms with Crippen LogP contribution in [0.4, 0.5) is 0 Å². The van der Waals surface area contributed by atoms with Crippen molar-refractivity contribution in [1.29, 1.82) is 0 Å². The normalized spacial score (nSPS) is 27.3. The molecule has 0 amide bonds. The predicted molar refractivity (Wildman–Crippen MR) is 83.9 cm³/mol. The van der Waals surface area contributed by atoms with E-state index >= 15 is 0 Å². The molecule has 0 spiro atoms. The third kappa shape index (κ3) is 4.82. The Hall–Kier alpha value is -1.03. The SMILES string of the molecule is CN=C(NCCC1=CCCCC1)NCC1CCCC1O. The van der Waals surface area contributed by atoms with Crippen LogP contribution in [0.2, 0.25) is 0 Å². The van der Waals surface area contributed by atoms with Gasteiger partial charge in [-0.3, -0.25) is 4.99 Å². The van der Waals surface area contributed by atoms with Gasteiger partial charge in [0.2, 0.25) is 0 Å². The monoisotopic (exact) mass is 279 g/mol. The summed E-state index contributed by atoms with van der Waals surface area (Å²) in [7, 11) is 1.81. The molecule has 3 N–H and O–H groups in total. The van der Waals surface area contributed by atoms with Crippen LogP contribution in [0, 0.1) is 5.92 Å². The van der Waals surface area contributed by atoms with E-state index in [1.807, 2.05) is 0 Å². The lowest BCUT2D eigenvalue weighted by Gasteiger charge is -2.18. The zero-order valence-corrected chi connectivity index (χ0v) is 12.7. The smallest absolute Gasteiger partial charge is 0.190 e. The van der Waals surface area contributed by atoms with E-state index in [1.54, 1.807) is 12.6 Å². The Morgan fingerprint density at radius 1 is 1.30 bits per heavy atom. The largest absolute Gasteiger partial charge is 0.393 e. The third-order valence-electron chi connectivity index (χ3n) is 4.50. The Morgan fingerprint density at radius 2 is 2.20 bits per heavy atom. The van der Waals surface area contributed by atoms with E-state index < -0.39 is 0 Å². The topological polar surface area (TPSA) is 56.7 Å². The molecule has 0 aromatic heterocycles. The molecule has 0 aromatic rings. The van der Waals surface area contributed by atoms with Crippen molar-refractivity contribution in [2.45, 2.75) is 57.5 Å². The molecule has 0 radical (unpaired) electrons. The van der Waals surface area contributed by atoms with Crippen molar-refractivity contribution >= 4 is 5.96 Å². The molecular formula is C16H29N3O. The fraction of sp³-hybridized carbons (Fsp3) is 0.812. The molecule has 2 rings (SSSR count). The highest BCUT2D eigenvalue weighted by Crippen LogP contribution is 2.24. The van der Waals surface area contributed by atoms with E-state index in [2.05, 4.69) is 21.7 Å². The maximum absolute atomic E-state index is 9.81. The number of rotatable bonds is 5. The average molecular weight is 279 g/mol. The molecule has 0 aromatic carbocycles. The number of guanidine groups is 1. The molecule has 0 heterocycles. The number of aliphatic imine (C=N–C) groups is 1. The molecule has 2 aliphatic carbocycles. The van der Waals surface area contributed by atoms with Gasteiger partial charge in [-0.2, -0.15) is 0 Å². The van der Waals surface area contributed by atoms with E-state index in [-0.39, 0.29) is 6.10 Å². The van der Waals surface area contributed by atoms with E-state index in [4.69, 9.17) is 0 Å². The van der Waals surface area contributed by atoms with Crippen LogP contribution >= 0.6 is 0 Å². The Bertz CT molecular complexity index is 352. The lowest BCUT2D eigenvalue weighted by Crippen LogP contribution is -2.41. The van der Waals surface area contributed by atoms with Gasteiger partial charge in [0.1, 0.15) is 0 Å². The summed E-state index contributed by atoms with van der Waals surface area (Å²) in [5, 5.41) is 16.5. The van der Waals surface area contributed by atoms with E-state index in [1.165, 1.54) is 25.7 Å². The van der Waals surface area contributed by atoms with Crippen molar-refractivity contribution in [3.63, 3.8) is 0 Å². The fourth-order valence-corrected chi connectivity index (χ4v) is 3.18. The van der Waals surface area contributed by atoms with Crippen LogP contribution in [0.25, 0.3) is 0 Å². The number of nitrogens with one attached hydrogen (secondary N) is 2. The molecule has 2 unspecified atom stereocenters. The maximum atomic E-state index is 9.81. The van der Waals surface area contributed by atoms with Gasteiger partial charge in [0, 0.05) is 26.1 Å². The average Bonchev–Trinajstić information content (AvgIpc) is 2.89. The molecular weight excluding hydrogens is 250 g/mol. The molecule has 1 saturated carbocycles. The summed E-state index contributed by atoms with van der Waals surface area (Å²) in [6.45, 7) is 1.77. The number of aliphatic hydroxyl groups is 1. The van der Waals surface area contributed by atoms with Crippen molar-refractivity contribution in [2.75, 3.05) is 20.1 Å². The minimum Gasteiger partial charge on any atom is -0.393 e. The first kappa shape index (κ1) is 15.4. The van der Waals surface area contributed by atoms with Crippen LogP contribution in [0.1, 0.15) is 51.4 Å². The second-order valence-corrected chi connectivity index (χ2v) is 6.00. The first-order valence-corrected chi connectivity index (χ1v) is 8.10. The predicted octanol–water partition coefficient (Wildman–Crippen LogP) is 2.20. The van der Waals surface area contributed by atoms with Gasteiger partial charge < -0.3 is 15.7 Å². The second-order valence-electron chi connectivity index (χ2n) is 6.00. The fourth-order valence-electron chi connectivity index (χ4n) is 3.18. The van der Waals surface area contributed by atoms with Gasteiger partial charge in [0.25, 0.3) is 0 Å². The Balaban J connectivity index is 1.63. The van der Waals surface area contributed by atoms with Crippen molar-refractivity contribution < 1.29 is 5.11 Å². The molecule has 4 nitrogen and oxygen atoms in total. The molecule has 0 saturated heterocycles. The van der Waals surface area contributed by atoms with Crippen LogP contribution in [-0.4, -0.2) is 37.3 Å². The van der Waals surface area contributed by atoms with Crippen molar-refractivity contribution in [1.82, 2.24) is 10.6 Å². The van der Waals surface area contributed by atoms with Crippen molar-refractivity contribution in [3.8, 4) is 0 Å². The highest BCUT2D eigenvalue weighted by molar-refractivity contribution is 5.79. The molecule has 2 aliphatic rings. The van der Waals surface area contributed by atoms with Gasteiger partial charge in [-0.05, 0) is 44.9 Å². The number of aliphatic hydroxyl groups excluding tert-OH is 1. The van der Waals surface area contributed by atoms with E-state index in [0.717, 1.165) is 44.7 Å². The number of hydrogen-bond donors (Lipinski definition) is 3. The zero-order chi connectivity index (χ0) is 14.2. The number of hydrogen-bond acceptors (Lipinski definition) is 2. The summed E-state index contributed by atoms with van der Waals surface area (Å²) in [5.41, 5.74) is 1.59. The van der Waals surface area contributed by atoms with E-state index in [9.17, 15) is 5.11 Å². The molecule has 0 bridgehead atoms. The van der Waals surface area contributed by atoms with Gasteiger partial charge in [0.15, 0.2) is 5.96 Å². The van der Waals surface area contributed by atoms with Crippen LogP contribution in [-0.2, 0) is 0 Å². The Labute approximate surface area is 122 Å². The van der Waals surface area contributed by atoms with Crippen molar-refractivity contribution in [2.24, 2.45) is 10.9 Å². The van der Waals surface area contributed by atoms with Gasteiger partial charge in [-0.25, -0.2) is 0 Å².